The van der Waals surface area contributed by atoms with Crippen LogP contribution in [0.5, 0.6) is 11.5 Å². The molecule has 2 aromatic carbocycles. The number of benzene rings is 2. The van der Waals surface area contributed by atoms with Crippen LogP contribution >= 0.6 is 0 Å². The van der Waals surface area contributed by atoms with Gasteiger partial charge in [-0.3, -0.25) is 9.69 Å². The van der Waals surface area contributed by atoms with Crippen molar-refractivity contribution in [2.45, 2.75) is 78.8 Å². The number of allylic oxidation sites excluding steroid dienone is 6. The molecule has 7 heteroatoms. The lowest BCUT2D eigenvalue weighted by molar-refractivity contribution is -0.776. The summed E-state index contributed by atoms with van der Waals surface area (Å²) in [6, 6.07) is 14.4. The van der Waals surface area contributed by atoms with Gasteiger partial charge in [0.2, 0.25) is 0 Å². The minimum Gasteiger partial charge on any atom is -0.496 e. The second kappa shape index (κ2) is 15.8. The zero-order valence-electron chi connectivity index (χ0n) is 28.1. The molecule has 0 saturated carbocycles. The zero-order chi connectivity index (χ0) is 32.5. The molecule has 0 bridgehead atoms. The summed E-state index contributed by atoms with van der Waals surface area (Å²) in [7, 11) is 1.65. The van der Waals surface area contributed by atoms with Crippen LogP contribution in [0, 0.1) is 0 Å². The van der Waals surface area contributed by atoms with E-state index in [1.807, 2.05) is 44.2 Å². The van der Waals surface area contributed by atoms with Gasteiger partial charge in [-0.05, 0) is 62.6 Å². The number of carbonyl (C=O) groups excluding carboxylic acids is 1. The topological polar surface area (TPSA) is 67.6 Å². The number of nitrogens with one attached hydrogen (secondary N) is 2. The average molecular weight is 622 g/mol. The van der Waals surface area contributed by atoms with Gasteiger partial charge in [-0.25, -0.2) is 5.01 Å². The number of amides is 1. The normalized spacial score (nSPS) is 20.8. The molecule has 2 unspecified atom stereocenters. The van der Waals surface area contributed by atoms with E-state index in [-0.39, 0.29) is 5.91 Å². The number of hydrogen-bond donors (Lipinski definition) is 2. The maximum atomic E-state index is 13.6. The number of hydrazone groups is 1. The van der Waals surface area contributed by atoms with Crippen LogP contribution < -0.4 is 19.7 Å². The number of unbranched alkanes of at least 4 members (excludes halogenated alkanes) is 5. The lowest BCUT2D eigenvalue weighted by Crippen LogP contribution is -3.03. The average Bonchev–Trinajstić information content (AvgIpc) is 3.39. The number of carbonyl (C=O) groups is 1. The van der Waals surface area contributed by atoms with Gasteiger partial charge in [-0.1, -0.05) is 82.4 Å². The van der Waals surface area contributed by atoms with Crippen molar-refractivity contribution in [1.29, 1.82) is 0 Å². The number of methoxy groups -OCH3 is 1. The fourth-order valence-corrected chi connectivity index (χ4v) is 6.30. The highest BCUT2D eigenvalue weighted by Crippen LogP contribution is 2.36. The molecule has 0 aromatic heterocycles. The summed E-state index contributed by atoms with van der Waals surface area (Å²) in [5, 5.41) is 9.79. The highest BCUT2D eigenvalue weighted by molar-refractivity contribution is 6.09. The van der Waals surface area contributed by atoms with Crippen LogP contribution in [-0.2, 0) is 4.79 Å². The third kappa shape index (κ3) is 7.37. The van der Waals surface area contributed by atoms with Crippen LogP contribution in [0.15, 0.2) is 95.3 Å². The Bertz CT molecular complexity index is 1600. The summed E-state index contributed by atoms with van der Waals surface area (Å²) in [4.78, 5) is 15.0. The van der Waals surface area contributed by atoms with Gasteiger partial charge in [0, 0.05) is 28.3 Å². The SMILES string of the molecule is CCCCCCCCOc1ccc(OC)c(C2=C(C)C(=O)N3N=C(C)/C(=C/C=C/C=C4\C=C[NH+](CCC)c5ccccc54)C3N2)c1. The first-order chi connectivity index (χ1) is 22.5. The first-order valence-corrected chi connectivity index (χ1v) is 16.9. The number of nitrogens with zero attached hydrogens (tertiary/aromatic N) is 2. The number of fused-ring (bicyclic) bond motifs is 2. The van der Waals surface area contributed by atoms with Crippen LogP contribution in [0.2, 0.25) is 0 Å². The van der Waals surface area contributed by atoms with Crippen LogP contribution in [0.25, 0.3) is 11.3 Å². The third-order valence-corrected chi connectivity index (χ3v) is 8.84. The van der Waals surface area contributed by atoms with E-state index < -0.39 is 6.17 Å². The summed E-state index contributed by atoms with van der Waals surface area (Å²) < 4.78 is 11.9. The molecule has 0 fully saturated rings. The van der Waals surface area contributed by atoms with Gasteiger partial charge in [0.1, 0.15) is 17.2 Å². The van der Waals surface area contributed by atoms with Crippen LogP contribution in [-0.4, -0.2) is 43.1 Å². The first kappa shape index (κ1) is 33.0. The van der Waals surface area contributed by atoms with E-state index in [1.165, 1.54) is 53.8 Å². The number of quaternary nitrogens is 1. The van der Waals surface area contributed by atoms with Gasteiger partial charge in [0.25, 0.3) is 5.91 Å². The van der Waals surface area contributed by atoms with Crippen molar-refractivity contribution < 1.29 is 19.2 Å². The van der Waals surface area contributed by atoms with Gasteiger partial charge in [-0.15, -0.1) is 0 Å². The second-order valence-corrected chi connectivity index (χ2v) is 12.1. The molecular weight excluding hydrogens is 572 g/mol. The molecule has 3 aliphatic rings. The van der Waals surface area contributed by atoms with E-state index in [0.717, 1.165) is 47.7 Å². The standard InChI is InChI=1S/C39H48N4O3/c1-6-8-9-10-11-16-26-46-31-21-22-36(45-5)34(27-31)37-28(3)39(44)43-38(40-37)32(29(4)41-43)18-13-12-17-30-23-25-42(24-7-2)35-20-15-14-19-33(30)35/h12-15,17-23,25,27,38,40H,6-11,16,24,26H2,1-5H3/p+1/b13-12+,30-17+,32-18-. The van der Waals surface area contributed by atoms with E-state index in [4.69, 9.17) is 9.47 Å². The lowest BCUT2D eigenvalue weighted by Gasteiger charge is -2.32. The Hall–Kier alpha value is -4.36. The summed E-state index contributed by atoms with van der Waals surface area (Å²) in [6.45, 7) is 9.97. The number of hydrogen-bond acceptors (Lipinski definition) is 5. The number of rotatable bonds is 14. The van der Waals surface area contributed by atoms with Gasteiger partial charge in [0.15, 0.2) is 6.17 Å². The minimum atomic E-state index is -0.414. The Morgan fingerprint density at radius 3 is 2.54 bits per heavy atom. The Kier molecular flexibility index (Phi) is 11.3. The fraction of sp³-hybridized carbons (Fsp3) is 0.385. The van der Waals surface area contributed by atoms with Crippen molar-refractivity contribution in [2.75, 3.05) is 20.3 Å². The van der Waals surface area contributed by atoms with Crippen molar-refractivity contribution >= 4 is 28.6 Å². The van der Waals surface area contributed by atoms with Gasteiger partial charge >= 0.3 is 0 Å². The maximum Gasteiger partial charge on any atom is 0.274 e. The van der Waals surface area contributed by atoms with Crippen LogP contribution in [0.3, 0.4) is 0 Å². The van der Waals surface area contributed by atoms with Crippen LogP contribution in [0.4, 0.5) is 5.69 Å². The van der Waals surface area contributed by atoms with E-state index in [2.05, 4.69) is 73.0 Å². The lowest BCUT2D eigenvalue weighted by atomic mass is 9.99. The molecule has 242 valence electrons. The van der Waals surface area contributed by atoms with Crippen molar-refractivity contribution in [3.05, 3.63) is 101 Å². The van der Waals surface area contributed by atoms with E-state index in [0.29, 0.717) is 17.9 Å². The highest BCUT2D eigenvalue weighted by atomic mass is 16.5. The molecule has 5 rings (SSSR count). The molecule has 2 N–H and O–H groups in total. The van der Waals surface area contributed by atoms with Gasteiger partial charge in [-0.2, -0.15) is 5.10 Å². The molecule has 3 aliphatic heterocycles. The first-order valence-electron chi connectivity index (χ1n) is 16.9. The molecular formula is C39H49N4O3+. The minimum absolute atomic E-state index is 0.129. The van der Waals surface area contributed by atoms with Crippen molar-refractivity contribution in [1.82, 2.24) is 10.3 Å². The van der Waals surface area contributed by atoms with Crippen LogP contribution in [0.1, 0.15) is 83.8 Å². The van der Waals surface area contributed by atoms with Crippen molar-refractivity contribution in [2.24, 2.45) is 5.10 Å². The third-order valence-electron chi connectivity index (χ3n) is 8.84. The summed E-state index contributed by atoms with van der Waals surface area (Å²) in [5.41, 5.74) is 7.63. The van der Waals surface area contributed by atoms with E-state index >= 15 is 0 Å². The highest BCUT2D eigenvalue weighted by Gasteiger charge is 2.40. The quantitative estimate of drug-likeness (QED) is 0.217. The summed E-state index contributed by atoms with van der Waals surface area (Å²) in [5.74, 6) is 1.32. The van der Waals surface area contributed by atoms with Gasteiger partial charge in [0.05, 0.1) is 37.9 Å². The molecule has 0 saturated heterocycles. The van der Waals surface area contributed by atoms with E-state index in [1.54, 1.807) is 12.1 Å². The summed E-state index contributed by atoms with van der Waals surface area (Å²) in [6.07, 6.45) is 20.7. The molecule has 0 aliphatic carbocycles. The van der Waals surface area contributed by atoms with Gasteiger partial charge < -0.3 is 14.8 Å². The Labute approximate surface area is 274 Å². The molecule has 2 atom stereocenters. The van der Waals surface area contributed by atoms with Crippen molar-refractivity contribution in [3.63, 3.8) is 0 Å². The monoisotopic (exact) mass is 621 g/mol. The smallest absolute Gasteiger partial charge is 0.274 e. The zero-order valence-corrected chi connectivity index (χ0v) is 28.1. The predicted molar refractivity (Wildman–Crippen MR) is 188 cm³/mol. The maximum absolute atomic E-state index is 13.6. The second-order valence-electron chi connectivity index (χ2n) is 12.1. The predicted octanol–water partition coefficient (Wildman–Crippen LogP) is 7.33. The molecule has 46 heavy (non-hydrogen) atoms. The number of ether oxygens (including phenoxy) is 2. The number of para-hydroxylation sites is 1. The molecule has 7 nitrogen and oxygen atoms in total. The molecule has 0 radical (unpaired) electrons. The molecule has 3 heterocycles. The van der Waals surface area contributed by atoms with Crippen molar-refractivity contribution in [3.8, 4) is 11.5 Å². The Morgan fingerprint density at radius 1 is 0.957 bits per heavy atom. The summed E-state index contributed by atoms with van der Waals surface area (Å²) >= 11 is 0. The fourth-order valence-electron chi connectivity index (χ4n) is 6.30. The molecule has 0 spiro atoms. The Balaban J connectivity index is 1.33. The molecule has 1 amide bonds. The Morgan fingerprint density at radius 2 is 1.74 bits per heavy atom. The largest absolute Gasteiger partial charge is 0.496 e. The molecule has 2 aromatic rings. The van der Waals surface area contributed by atoms with E-state index in [9.17, 15) is 4.79 Å².